The number of piperidine rings is 1. The number of nitrogens with zero attached hydrogens (tertiary/aromatic N) is 2. The van der Waals surface area contributed by atoms with Crippen molar-refractivity contribution in [1.29, 1.82) is 0 Å². The summed E-state index contributed by atoms with van der Waals surface area (Å²) in [5.74, 6) is -0.483. The highest BCUT2D eigenvalue weighted by molar-refractivity contribution is 5.94. The fourth-order valence-electron chi connectivity index (χ4n) is 3.97. The normalized spacial score (nSPS) is 13.8. The van der Waals surface area contributed by atoms with Crippen LogP contribution in [0.3, 0.4) is 0 Å². The van der Waals surface area contributed by atoms with Crippen molar-refractivity contribution in [1.82, 2.24) is 9.80 Å². The average molecular weight is 473 g/mol. The van der Waals surface area contributed by atoms with Gasteiger partial charge in [-0.3, -0.25) is 14.4 Å². The van der Waals surface area contributed by atoms with Crippen molar-refractivity contribution in [2.75, 3.05) is 41.0 Å². The van der Waals surface area contributed by atoms with Gasteiger partial charge in [0.05, 0.1) is 21.3 Å². The van der Waals surface area contributed by atoms with E-state index < -0.39 is 11.8 Å². The van der Waals surface area contributed by atoms with E-state index >= 15 is 0 Å². The summed E-state index contributed by atoms with van der Waals surface area (Å²) in [5, 5.41) is 0. The molecule has 0 unspecified atom stereocenters. The lowest BCUT2D eigenvalue weighted by Gasteiger charge is -2.34. The van der Waals surface area contributed by atoms with E-state index in [0.29, 0.717) is 43.0 Å². The zero-order chi connectivity index (χ0) is 24.7. The van der Waals surface area contributed by atoms with Gasteiger partial charge in [-0.25, -0.2) is 4.39 Å². The molecule has 1 aliphatic rings. The standard InChI is InChI=1S/C25H29FN2O6/c1-32-21-12-17(13-22(14-21)33-2)15-28(16-23(29)34-3)25(31)19-8-10-27(11-9-19)24(30)18-4-6-20(26)7-5-18/h4-7,12-14,19H,8-11,15-16H2,1-3H3. The number of esters is 1. The lowest BCUT2D eigenvalue weighted by molar-refractivity contribution is -0.149. The predicted molar refractivity (Wildman–Crippen MR) is 122 cm³/mol. The minimum atomic E-state index is -0.521. The molecular weight excluding hydrogens is 443 g/mol. The molecule has 9 heteroatoms. The number of benzene rings is 2. The van der Waals surface area contributed by atoms with E-state index in [1.807, 2.05) is 0 Å². The fourth-order valence-corrected chi connectivity index (χ4v) is 3.97. The highest BCUT2D eigenvalue weighted by Crippen LogP contribution is 2.26. The van der Waals surface area contributed by atoms with E-state index in [4.69, 9.17) is 14.2 Å². The average Bonchev–Trinajstić information content (AvgIpc) is 2.87. The Balaban J connectivity index is 1.69. The van der Waals surface area contributed by atoms with Crippen LogP contribution in [0.25, 0.3) is 0 Å². The van der Waals surface area contributed by atoms with Gasteiger partial charge in [0, 0.05) is 37.2 Å². The number of rotatable bonds is 8. The smallest absolute Gasteiger partial charge is 0.325 e. The Morgan fingerprint density at radius 3 is 2.09 bits per heavy atom. The lowest BCUT2D eigenvalue weighted by Crippen LogP contribution is -2.45. The molecule has 0 radical (unpaired) electrons. The van der Waals surface area contributed by atoms with Crippen molar-refractivity contribution in [3.63, 3.8) is 0 Å². The summed E-state index contributed by atoms with van der Waals surface area (Å²) < 4.78 is 28.5. The minimum Gasteiger partial charge on any atom is -0.497 e. The van der Waals surface area contributed by atoms with Gasteiger partial charge < -0.3 is 24.0 Å². The summed E-state index contributed by atoms with van der Waals surface area (Å²) in [4.78, 5) is 41.2. The molecule has 8 nitrogen and oxygen atoms in total. The maximum absolute atomic E-state index is 13.4. The molecule has 0 N–H and O–H groups in total. The number of methoxy groups -OCH3 is 3. The number of hydrogen-bond donors (Lipinski definition) is 0. The number of amides is 2. The second kappa shape index (κ2) is 11.5. The molecule has 3 rings (SSSR count). The Hall–Kier alpha value is -3.62. The third-order valence-corrected chi connectivity index (χ3v) is 5.87. The Labute approximate surface area is 198 Å². The summed E-state index contributed by atoms with van der Waals surface area (Å²) in [6, 6.07) is 10.7. The fraction of sp³-hybridized carbons (Fsp3) is 0.400. The number of hydrogen-bond acceptors (Lipinski definition) is 6. The van der Waals surface area contributed by atoms with E-state index in [1.165, 1.54) is 50.5 Å². The maximum Gasteiger partial charge on any atom is 0.325 e. The highest BCUT2D eigenvalue weighted by atomic mass is 19.1. The summed E-state index contributed by atoms with van der Waals surface area (Å²) in [6.45, 7) is 0.775. The summed E-state index contributed by atoms with van der Waals surface area (Å²) in [6.07, 6.45) is 0.926. The minimum absolute atomic E-state index is 0.177. The van der Waals surface area contributed by atoms with Crippen LogP contribution in [0, 0.1) is 11.7 Å². The SMILES string of the molecule is COC(=O)CN(Cc1cc(OC)cc(OC)c1)C(=O)C1CCN(C(=O)c2ccc(F)cc2)CC1. The Morgan fingerprint density at radius 1 is 0.971 bits per heavy atom. The first-order chi connectivity index (χ1) is 16.3. The quantitative estimate of drug-likeness (QED) is 0.550. The van der Waals surface area contributed by atoms with Crippen molar-refractivity contribution in [2.45, 2.75) is 19.4 Å². The van der Waals surface area contributed by atoms with Crippen molar-refractivity contribution in [2.24, 2.45) is 5.92 Å². The first-order valence-electron chi connectivity index (χ1n) is 11.0. The molecule has 0 bridgehead atoms. The van der Waals surface area contributed by atoms with Crippen LogP contribution >= 0.6 is 0 Å². The molecule has 0 aliphatic carbocycles. The van der Waals surface area contributed by atoms with E-state index in [2.05, 4.69) is 0 Å². The second-order valence-electron chi connectivity index (χ2n) is 8.06. The molecule has 1 aliphatic heterocycles. The summed E-state index contributed by atoms with van der Waals surface area (Å²) in [5.41, 5.74) is 1.16. The van der Waals surface area contributed by atoms with Gasteiger partial charge in [0.1, 0.15) is 23.9 Å². The van der Waals surface area contributed by atoms with Crippen LogP contribution in [0.15, 0.2) is 42.5 Å². The molecule has 2 amide bonds. The zero-order valence-electron chi connectivity index (χ0n) is 19.6. The molecule has 2 aromatic carbocycles. The van der Waals surface area contributed by atoms with Gasteiger partial charge in [0.25, 0.3) is 5.91 Å². The molecule has 1 heterocycles. The van der Waals surface area contributed by atoms with Gasteiger partial charge in [-0.15, -0.1) is 0 Å². The Bertz CT molecular complexity index is 996. The summed E-state index contributed by atoms with van der Waals surface area (Å²) in [7, 11) is 4.35. The van der Waals surface area contributed by atoms with Crippen LogP contribution in [-0.4, -0.2) is 68.5 Å². The third kappa shape index (κ3) is 6.24. The highest BCUT2D eigenvalue weighted by Gasteiger charge is 2.31. The van der Waals surface area contributed by atoms with E-state index in [9.17, 15) is 18.8 Å². The lowest BCUT2D eigenvalue weighted by atomic mass is 9.94. The monoisotopic (exact) mass is 472 g/mol. The molecule has 2 aromatic rings. The van der Waals surface area contributed by atoms with E-state index in [-0.39, 0.29) is 30.8 Å². The van der Waals surface area contributed by atoms with Crippen molar-refractivity contribution in [3.05, 3.63) is 59.4 Å². The molecule has 0 atom stereocenters. The molecule has 0 aromatic heterocycles. The van der Waals surface area contributed by atoms with Crippen LogP contribution in [0.5, 0.6) is 11.5 Å². The van der Waals surface area contributed by atoms with Gasteiger partial charge in [0.2, 0.25) is 5.91 Å². The molecule has 34 heavy (non-hydrogen) atoms. The van der Waals surface area contributed by atoms with Crippen LogP contribution in [0.2, 0.25) is 0 Å². The van der Waals surface area contributed by atoms with Gasteiger partial charge in [-0.1, -0.05) is 0 Å². The second-order valence-corrected chi connectivity index (χ2v) is 8.06. The number of carbonyl (C=O) groups is 3. The first-order valence-corrected chi connectivity index (χ1v) is 11.0. The Morgan fingerprint density at radius 2 is 1.56 bits per heavy atom. The molecule has 0 spiro atoms. The van der Waals surface area contributed by atoms with Crippen LogP contribution < -0.4 is 9.47 Å². The molecule has 182 valence electrons. The van der Waals surface area contributed by atoms with Gasteiger partial charge in [0.15, 0.2) is 0 Å². The summed E-state index contributed by atoms with van der Waals surface area (Å²) >= 11 is 0. The molecular formula is C25H29FN2O6. The predicted octanol–water partition coefficient (Wildman–Crippen LogP) is 2.90. The topological polar surface area (TPSA) is 85.4 Å². The number of ether oxygens (including phenoxy) is 3. The van der Waals surface area contributed by atoms with E-state index in [1.54, 1.807) is 23.1 Å². The molecule has 0 saturated carbocycles. The van der Waals surface area contributed by atoms with Gasteiger partial charge in [-0.2, -0.15) is 0 Å². The largest absolute Gasteiger partial charge is 0.497 e. The third-order valence-electron chi connectivity index (χ3n) is 5.87. The maximum atomic E-state index is 13.4. The van der Waals surface area contributed by atoms with Gasteiger partial charge in [-0.05, 0) is 54.8 Å². The Kier molecular flexibility index (Phi) is 8.45. The van der Waals surface area contributed by atoms with Gasteiger partial charge >= 0.3 is 5.97 Å². The number of carbonyl (C=O) groups excluding carboxylic acids is 3. The van der Waals surface area contributed by atoms with E-state index in [0.717, 1.165) is 5.56 Å². The van der Waals surface area contributed by atoms with Crippen LogP contribution in [-0.2, 0) is 20.9 Å². The van der Waals surface area contributed by atoms with Crippen molar-refractivity contribution >= 4 is 17.8 Å². The number of halogens is 1. The van der Waals surface area contributed by atoms with Crippen molar-refractivity contribution < 1.29 is 33.0 Å². The van der Waals surface area contributed by atoms with Crippen LogP contribution in [0.4, 0.5) is 4.39 Å². The zero-order valence-corrected chi connectivity index (χ0v) is 19.6. The first kappa shape index (κ1) is 25.0. The molecule has 1 saturated heterocycles. The van der Waals surface area contributed by atoms with Crippen LogP contribution in [0.1, 0.15) is 28.8 Å². The van der Waals surface area contributed by atoms with Crippen molar-refractivity contribution in [3.8, 4) is 11.5 Å². The number of likely N-dealkylation sites (tertiary alicyclic amines) is 1. The molecule has 1 fully saturated rings.